The van der Waals surface area contributed by atoms with E-state index in [-0.39, 0.29) is 35.8 Å². The fraction of sp³-hybridized carbons (Fsp3) is 0.938. The molecule has 1 saturated carbocycles. The zero-order valence-corrected chi connectivity index (χ0v) is 18.2. The molecule has 7 heteroatoms. The van der Waals surface area contributed by atoms with Gasteiger partial charge in [0, 0.05) is 25.4 Å². The second-order valence-corrected chi connectivity index (χ2v) is 8.98. The molecule has 0 heterocycles. The van der Waals surface area contributed by atoms with Gasteiger partial charge in [-0.05, 0) is 44.9 Å². The monoisotopic (exact) mass is 459 g/mol. The highest BCUT2D eigenvalue weighted by molar-refractivity contribution is 14.0. The smallest absolute Gasteiger partial charge is 0.191 e. The van der Waals surface area contributed by atoms with Crippen LogP contribution in [0.2, 0.25) is 0 Å². The van der Waals surface area contributed by atoms with Crippen molar-refractivity contribution in [1.82, 2.24) is 10.6 Å². The predicted molar refractivity (Wildman–Crippen MR) is 110 cm³/mol. The number of hydrogen-bond donors (Lipinski definition) is 2. The van der Waals surface area contributed by atoms with E-state index in [0.29, 0.717) is 11.8 Å². The summed E-state index contributed by atoms with van der Waals surface area (Å²) in [6.07, 6.45) is 8.24. The first-order chi connectivity index (χ1) is 10.3. The summed E-state index contributed by atoms with van der Waals surface area (Å²) in [5, 5.41) is 6.60. The highest BCUT2D eigenvalue weighted by Gasteiger charge is 2.31. The second-order valence-electron chi connectivity index (χ2n) is 6.72. The highest BCUT2D eigenvalue weighted by Crippen LogP contribution is 2.41. The van der Waals surface area contributed by atoms with Crippen molar-refractivity contribution in [2.24, 2.45) is 10.4 Å². The van der Waals surface area contributed by atoms with Gasteiger partial charge in [-0.15, -0.1) is 24.0 Å². The third kappa shape index (κ3) is 9.12. The van der Waals surface area contributed by atoms with Gasteiger partial charge in [0.15, 0.2) is 5.96 Å². The summed E-state index contributed by atoms with van der Waals surface area (Å²) in [6.45, 7) is 7.98. The number of halogens is 1. The number of nitrogens with one attached hydrogen (secondary N) is 2. The molecule has 1 rings (SSSR count). The van der Waals surface area contributed by atoms with E-state index in [1.165, 1.54) is 38.4 Å². The Bertz CT molecular complexity index is 460. The van der Waals surface area contributed by atoms with Crippen LogP contribution in [0.3, 0.4) is 0 Å². The standard InChI is InChI=1S/C16H33N3O2S.HI/c1-5-16(10-7-8-11-16)13-18-15(17-6-2)19-14(3)9-12-22(4,20)21;/h14H,5-13H2,1-4H3,(H2,17,18,19);1H. The first kappa shape index (κ1) is 22.9. The molecule has 0 aromatic carbocycles. The van der Waals surface area contributed by atoms with E-state index >= 15 is 0 Å². The Morgan fingerprint density at radius 2 is 1.87 bits per heavy atom. The lowest BCUT2D eigenvalue weighted by Crippen LogP contribution is -2.43. The lowest BCUT2D eigenvalue weighted by Gasteiger charge is -2.26. The average Bonchev–Trinajstić information content (AvgIpc) is 2.92. The van der Waals surface area contributed by atoms with E-state index in [2.05, 4.69) is 17.6 Å². The molecule has 0 amide bonds. The molecule has 2 N–H and O–H groups in total. The zero-order valence-electron chi connectivity index (χ0n) is 15.0. The van der Waals surface area contributed by atoms with Crippen molar-refractivity contribution >= 4 is 39.8 Å². The summed E-state index contributed by atoms with van der Waals surface area (Å²) >= 11 is 0. The highest BCUT2D eigenvalue weighted by atomic mass is 127. The minimum atomic E-state index is -2.91. The van der Waals surface area contributed by atoms with Gasteiger partial charge in [-0.1, -0.05) is 19.8 Å². The second kappa shape index (κ2) is 10.7. The third-order valence-electron chi connectivity index (χ3n) is 4.64. The minimum absolute atomic E-state index is 0. The first-order valence-electron chi connectivity index (χ1n) is 8.53. The largest absolute Gasteiger partial charge is 0.357 e. The van der Waals surface area contributed by atoms with E-state index in [0.717, 1.165) is 19.0 Å². The maximum absolute atomic E-state index is 11.3. The van der Waals surface area contributed by atoms with E-state index in [1.807, 2.05) is 13.8 Å². The molecule has 0 aromatic heterocycles. The quantitative estimate of drug-likeness (QED) is 0.333. The Labute approximate surface area is 159 Å². The summed E-state index contributed by atoms with van der Waals surface area (Å²) in [4.78, 5) is 4.77. The molecule has 0 bridgehead atoms. The summed E-state index contributed by atoms with van der Waals surface area (Å²) in [6, 6.07) is 0.0914. The summed E-state index contributed by atoms with van der Waals surface area (Å²) < 4.78 is 22.5. The fourth-order valence-corrected chi connectivity index (χ4v) is 3.79. The molecule has 138 valence electrons. The average molecular weight is 459 g/mol. The molecular weight excluding hydrogens is 425 g/mol. The molecule has 1 unspecified atom stereocenters. The number of nitrogens with zero attached hydrogens (tertiary/aromatic N) is 1. The van der Waals surface area contributed by atoms with E-state index in [4.69, 9.17) is 4.99 Å². The Hall–Kier alpha value is -0.0500. The fourth-order valence-electron chi connectivity index (χ4n) is 3.01. The van der Waals surface area contributed by atoms with Crippen LogP contribution in [-0.4, -0.2) is 45.5 Å². The Morgan fingerprint density at radius 1 is 1.26 bits per heavy atom. The van der Waals surface area contributed by atoms with Gasteiger partial charge in [-0.25, -0.2) is 8.42 Å². The number of aliphatic imine (C=N–C) groups is 1. The van der Waals surface area contributed by atoms with Crippen molar-refractivity contribution < 1.29 is 8.42 Å². The molecule has 1 fully saturated rings. The Morgan fingerprint density at radius 3 is 2.35 bits per heavy atom. The van der Waals surface area contributed by atoms with Crippen LogP contribution in [0.1, 0.15) is 59.3 Å². The normalized spacial score (nSPS) is 19.0. The molecule has 0 aromatic rings. The molecule has 0 radical (unpaired) electrons. The van der Waals surface area contributed by atoms with E-state index < -0.39 is 9.84 Å². The maximum atomic E-state index is 11.3. The molecule has 1 aliphatic carbocycles. The van der Waals surface area contributed by atoms with Crippen molar-refractivity contribution in [2.75, 3.05) is 25.1 Å². The van der Waals surface area contributed by atoms with Gasteiger partial charge in [-0.2, -0.15) is 0 Å². The number of guanidine groups is 1. The summed E-state index contributed by atoms with van der Waals surface area (Å²) in [5.74, 6) is 1.02. The lowest BCUT2D eigenvalue weighted by atomic mass is 9.84. The Balaban J connectivity index is 0.00000484. The SMILES string of the molecule is CCNC(=NCC1(CC)CCCC1)NC(C)CCS(C)(=O)=O.I. The number of sulfone groups is 1. The van der Waals surface area contributed by atoms with Gasteiger partial charge in [0.05, 0.1) is 5.75 Å². The molecule has 23 heavy (non-hydrogen) atoms. The Kier molecular flexibility index (Phi) is 10.7. The van der Waals surface area contributed by atoms with Gasteiger partial charge < -0.3 is 10.6 Å². The van der Waals surface area contributed by atoms with Crippen LogP contribution < -0.4 is 10.6 Å². The van der Waals surface area contributed by atoms with Crippen molar-refractivity contribution in [2.45, 2.75) is 65.3 Å². The van der Waals surface area contributed by atoms with Gasteiger partial charge in [-0.3, -0.25) is 4.99 Å². The maximum Gasteiger partial charge on any atom is 0.191 e. The molecule has 0 spiro atoms. The van der Waals surface area contributed by atoms with Crippen LogP contribution in [0, 0.1) is 5.41 Å². The first-order valence-corrected chi connectivity index (χ1v) is 10.6. The van der Waals surface area contributed by atoms with Crippen LogP contribution in [-0.2, 0) is 9.84 Å². The molecule has 1 atom stereocenters. The summed E-state index contributed by atoms with van der Waals surface area (Å²) in [7, 11) is -2.91. The lowest BCUT2D eigenvalue weighted by molar-refractivity contribution is 0.297. The van der Waals surface area contributed by atoms with Gasteiger partial charge in [0.1, 0.15) is 9.84 Å². The van der Waals surface area contributed by atoms with Crippen molar-refractivity contribution in [3.05, 3.63) is 0 Å². The number of hydrogen-bond acceptors (Lipinski definition) is 3. The van der Waals surface area contributed by atoms with Crippen LogP contribution in [0.25, 0.3) is 0 Å². The van der Waals surface area contributed by atoms with E-state index in [9.17, 15) is 8.42 Å². The summed E-state index contributed by atoms with van der Waals surface area (Å²) in [5.41, 5.74) is 0.373. The van der Waals surface area contributed by atoms with Crippen molar-refractivity contribution in [3.8, 4) is 0 Å². The van der Waals surface area contributed by atoms with Crippen LogP contribution in [0.4, 0.5) is 0 Å². The molecule has 0 saturated heterocycles. The zero-order chi connectivity index (χ0) is 16.6. The number of rotatable bonds is 8. The molecule has 0 aliphatic heterocycles. The van der Waals surface area contributed by atoms with Gasteiger partial charge >= 0.3 is 0 Å². The van der Waals surface area contributed by atoms with Crippen LogP contribution >= 0.6 is 24.0 Å². The van der Waals surface area contributed by atoms with Gasteiger partial charge in [0.25, 0.3) is 0 Å². The van der Waals surface area contributed by atoms with Crippen LogP contribution in [0.5, 0.6) is 0 Å². The topological polar surface area (TPSA) is 70.6 Å². The van der Waals surface area contributed by atoms with E-state index in [1.54, 1.807) is 0 Å². The molecular formula is C16H34IN3O2S. The molecule has 1 aliphatic rings. The molecule has 5 nitrogen and oxygen atoms in total. The third-order valence-corrected chi connectivity index (χ3v) is 5.61. The minimum Gasteiger partial charge on any atom is -0.357 e. The predicted octanol–water partition coefficient (Wildman–Crippen LogP) is 2.95. The van der Waals surface area contributed by atoms with Crippen molar-refractivity contribution in [1.29, 1.82) is 0 Å². The van der Waals surface area contributed by atoms with Gasteiger partial charge in [0.2, 0.25) is 0 Å². The van der Waals surface area contributed by atoms with Crippen LogP contribution in [0.15, 0.2) is 4.99 Å². The van der Waals surface area contributed by atoms with Crippen molar-refractivity contribution in [3.63, 3.8) is 0 Å².